The molecule has 0 atom stereocenters. The summed E-state index contributed by atoms with van der Waals surface area (Å²) in [7, 11) is 0. The van der Waals surface area contributed by atoms with Gasteiger partial charge in [-0.15, -0.1) is 0 Å². The van der Waals surface area contributed by atoms with E-state index in [1.165, 1.54) is 24.5 Å². The summed E-state index contributed by atoms with van der Waals surface area (Å²) < 4.78 is 13.7. The minimum atomic E-state index is -1.05. The van der Waals surface area contributed by atoms with Gasteiger partial charge in [-0.25, -0.2) is 9.18 Å². The lowest BCUT2D eigenvalue weighted by Crippen LogP contribution is -1.96. The van der Waals surface area contributed by atoms with Gasteiger partial charge in [0.1, 0.15) is 5.82 Å². The van der Waals surface area contributed by atoms with Crippen LogP contribution in [0.25, 0.3) is 11.1 Å². The largest absolute Gasteiger partial charge is 0.478 e. The van der Waals surface area contributed by atoms with Crippen LogP contribution in [0.4, 0.5) is 4.39 Å². The Morgan fingerprint density at radius 3 is 2.75 bits per heavy atom. The molecule has 82 valence electrons. The molecule has 2 rings (SSSR count). The maximum Gasteiger partial charge on any atom is 0.337 e. The van der Waals surface area contributed by atoms with Gasteiger partial charge in [0.15, 0.2) is 0 Å². The summed E-state index contributed by atoms with van der Waals surface area (Å²) in [6, 6.07) is 4.14. The Balaban J connectivity index is 2.62. The Hall–Kier alpha value is -1.62. The number of benzene rings is 1. The van der Waals surface area contributed by atoms with Crippen molar-refractivity contribution in [1.29, 1.82) is 0 Å². The van der Waals surface area contributed by atoms with Crippen molar-refractivity contribution in [2.45, 2.75) is 0 Å². The molecular weight excluding hydrogens is 277 g/mol. The Bertz CT molecular complexity index is 551. The second-order valence-electron chi connectivity index (χ2n) is 3.21. The van der Waals surface area contributed by atoms with E-state index >= 15 is 0 Å². The average molecular weight is 284 g/mol. The van der Waals surface area contributed by atoms with Crippen LogP contribution in [0.2, 0.25) is 0 Å². The molecule has 2 N–H and O–H groups in total. The van der Waals surface area contributed by atoms with Gasteiger partial charge < -0.3 is 10.1 Å². The number of H-pyrrole nitrogens is 1. The molecule has 3 nitrogen and oxygen atoms in total. The van der Waals surface area contributed by atoms with Crippen LogP contribution >= 0.6 is 15.9 Å². The minimum Gasteiger partial charge on any atom is -0.478 e. The van der Waals surface area contributed by atoms with Crippen molar-refractivity contribution in [3.05, 3.63) is 46.4 Å². The van der Waals surface area contributed by atoms with Crippen LogP contribution in [0.3, 0.4) is 0 Å². The second-order valence-corrected chi connectivity index (χ2v) is 4.07. The van der Waals surface area contributed by atoms with Crippen LogP contribution < -0.4 is 0 Å². The van der Waals surface area contributed by atoms with E-state index in [-0.39, 0.29) is 5.56 Å². The molecule has 0 aliphatic rings. The third-order valence-electron chi connectivity index (χ3n) is 2.19. The first-order chi connectivity index (χ1) is 7.59. The molecule has 0 radical (unpaired) electrons. The summed E-state index contributed by atoms with van der Waals surface area (Å²) in [5.74, 6) is -1.46. The van der Waals surface area contributed by atoms with Crippen LogP contribution in [0.1, 0.15) is 10.4 Å². The third kappa shape index (κ3) is 1.86. The number of aromatic carboxylic acids is 1. The summed E-state index contributed by atoms with van der Waals surface area (Å²) in [4.78, 5) is 13.6. The van der Waals surface area contributed by atoms with E-state index in [2.05, 4.69) is 20.9 Å². The smallest absolute Gasteiger partial charge is 0.337 e. The average Bonchev–Trinajstić information content (AvgIpc) is 2.70. The van der Waals surface area contributed by atoms with Crippen molar-refractivity contribution in [3.63, 3.8) is 0 Å². The molecule has 1 aromatic carbocycles. The lowest BCUT2D eigenvalue weighted by molar-refractivity contribution is 0.0698. The van der Waals surface area contributed by atoms with E-state index in [1.54, 1.807) is 6.07 Å². The highest BCUT2D eigenvalue weighted by atomic mass is 79.9. The summed E-state index contributed by atoms with van der Waals surface area (Å²) >= 11 is 3.26. The molecule has 0 unspecified atom stereocenters. The highest BCUT2D eigenvalue weighted by Gasteiger charge is 2.15. The number of hydrogen-bond acceptors (Lipinski definition) is 1. The quantitative estimate of drug-likeness (QED) is 0.889. The number of carboxylic acids is 1. The Labute approximate surface area is 99.1 Å². The number of halogens is 2. The third-order valence-corrected chi connectivity index (χ3v) is 2.89. The fraction of sp³-hybridized carbons (Fsp3) is 0. The first-order valence-electron chi connectivity index (χ1n) is 4.45. The normalized spacial score (nSPS) is 10.4. The fourth-order valence-electron chi connectivity index (χ4n) is 1.47. The van der Waals surface area contributed by atoms with Gasteiger partial charge in [-0.3, -0.25) is 0 Å². The van der Waals surface area contributed by atoms with E-state index < -0.39 is 11.8 Å². The van der Waals surface area contributed by atoms with Gasteiger partial charge in [0.05, 0.1) is 5.56 Å². The number of nitrogens with one attached hydrogen (secondary N) is 1. The first kappa shape index (κ1) is 10.9. The predicted molar refractivity (Wildman–Crippen MR) is 60.8 cm³/mol. The van der Waals surface area contributed by atoms with Crippen LogP contribution in [0.5, 0.6) is 0 Å². The highest BCUT2D eigenvalue weighted by molar-refractivity contribution is 9.10. The molecule has 0 aliphatic carbocycles. The van der Waals surface area contributed by atoms with Crippen molar-refractivity contribution < 1.29 is 14.3 Å². The zero-order valence-corrected chi connectivity index (χ0v) is 9.58. The standard InChI is InChI=1S/C11H7BrFNO2/c12-10-2-1-6(13)3-7(10)8-4-14-5-9(8)11(15)16/h1-5,14H,(H,15,16). The molecule has 1 aromatic heterocycles. The van der Waals surface area contributed by atoms with Gasteiger partial charge in [0, 0.05) is 28.0 Å². The van der Waals surface area contributed by atoms with Gasteiger partial charge in [0.2, 0.25) is 0 Å². The lowest BCUT2D eigenvalue weighted by Gasteiger charge is -2.03. The van der Waals surface area contributed by atoms with Crippen LogP contribution in [-0.2, 0) is 0 Å². The van der Waals surface area contributed by atoms with E-state index in [1.807, 2.05) is 0 Å². The van der Waals surface area contributed by atoms with Crippen LogP contribution in [0, 0.1) is 5.82 Å². The number of carbonyl (C=O) groups is 1. The van der Waals surface area contributed by atoms with Crippen molar-refractivity contribution in [1.82, 2.24) is 4.98 Å². The van der Waals surface area contributed by atoms with Crippen molar-refractivity contribution in [3.8, 4) is 11.1 Å². The molecule has 0 aliphatic heterocycles. The highest BCUT2D eigenvalue weighted by Crippen LogP contribution is 2.31. The molecule has 5 heteroatoms. The van der Waals surface area contributed by atoms with Crippen molar-refractivity contribution >= 4 is 21.9 Å². The Morgan fingerprint density at radius 1 is 1.31 bits per heavy atom. The van der Waals surface area contributed by atoms with Gasteiger partial charge in [-0.2, -0.15) is 0 Å². The number of aromatic amines is 1. The summed E-state index contributed by atoms with van der Waals surface area (Å²) in [6.45, 7) is 0. The van der Waals surface area contributed by atoms with Gasteiger partial charge in [-0.05, 0) is 18.2 Å². The van der Waals surface area contributed by atoms with E-state index in [0.717, 1.165) is 0 Å². The molecule has 2 aromatic rings. The zero-order chi connectivity index (χ0) is 11.7. The second kappa shape index (κ2) is 4.09. The Kier molecular flexibility index (Phi) is 2.78. The molecule has 0 bridgehead atoms. The summed E-state index contributed by atoms with van der Waals surface area (Å²) in [6.07, 6.45) is 2.90. The van der Waals surface area contributed by atoms with E-state index in [4.69, 9.17) is 5.11 Å². The van der Waals surface area contributed by atoms with E-state index in [0.29, 0.717) is 15.6 Å². The van der Waals surface area contributed by atoms with Gasteiger partial charge >= 0.3 is 5.97 Å². The molecular formula is C11H7BrFNO2. The molecule has 16 heavy (non-hydrogen) atoms. The number of aromatic nitrogens is 1. The topological polar surface area (TPSA) is 53.1 Å². The van der Waals surface area contributed by atoms with Crippen molar-refractivity contribution in [2.75, 3.05) is 0 Å². The minimum absolute atomic E-state index is 0.117. The molecule has 0 fully saturated rings. The molecule has 0 amide bonds. The SMILES string of the molecule is O=C(O)c1c[nH]cc1-c1cc(F)ccc1Br. The lowest BCUT2D eigenvalue weighted by atomic mass is 10.0. The van der Waals surface area contributed by atoms with E-state index in [9.17, 15) is 9.18 Å². The zero-order valence-electron chi connectivity index (χ0n) is 8.00. The summed E-state index contributed by atoms with van der Waals surface area (Å²) in [5.41, 5.74) is 1.09. The Morgan fingerprint density at radius 2 is 2.06 bits per heavy atom. The first-order valence-corrected chi connectivity index (χ1v) is 5.24. The van der Waals surface area contributed by atoms with Gasteiger partial charge in [0.25, 0.3) is 0 Å². The maximum absolute atomic E-state index is 13.1. The number of carboxylic acid groups (broad SMARTS) is 1. The molecule has 0 spiro atoms. The predicted octanol–water partition coefficient (Wildman–Crippen LogP) is 3.28. The van der Waals surface area contributed by atoms with Crippen LogP contribution in [-0.4, -0.2) is 16.1 Å². The number of hydrogen-bond donors (Lipinski definition) is 2. The van der Waals surface area contributed by atoms with Crippen molar-refractivity contribution in [2.24, 2.45) is 0 Å². The van der Waals surface area contributed by atoms with Crippen LogP contribution in [0.15, 0.2) is 35.1 Å². The fourth-order valence-corrected chi connectivity index (χ4v) is 1.93. The molecule has 0 saturated heterocycles. The van der Waals surface area contributed by atoms with Gasteiger partial charge in [-0.1, -0.05) is 15.9 Å². The summed E-state index contributed by atoms with van der Waals surface area (Å²) in [5, 5.41) is 8.95. The monoisotopic (exact) mass is 283 g/mol. The number of rotatable bonds is 2. The molecule has 1 heterocycles. The maximum atomic E-state index is 13.1. The molecule has 0 saturated carbocycles.